The van der Waals surface area contributed by atoms with Gasteiger partial charge < -0.3 is 14.5 Å². The molecule has 0 bridgehead atoms. The summed E-state index contributed by atoms with van der Waals surface area (Å²) in [6, 6.07) is 6.97. The van der Waals surface area contributed by atoms with Crippen LogP contribution in [0.25, 0.3) is 0 Å². The number of piperidine rings is 2. The van der Waals surface area contributed by atoms with E-state index in [0.29, 0.717) is 23.0 Å². The van der Waals surface area contributed by atoms with Gasteiger partial charge in [-0.3, -0.25) is 14.5 Å². The first kappa shape index (κ1) is 26.4. The Bertz CT molecular complexity index is 938. The number of aryl methyl sites for hydroxylation is 1. The zero-order valence-electron chi connectivity index (χ0n) is 20.1. The summed E-state index contributed by atoms with van der Waals surface area (Å²) in [5.41, 5.74) is 0.509. The highest BCUT2D eigenvalue weighted by atomic mass is 35.5. The van der Waals surface area contributed by atoms with Gasteiger partial charge in [-0.05, 0) is 75.9 Å². The number of methoxy groups -OCH3 is 1. The van der Waals surface area contributed by atoms with Gasteiger partial charge in [-0.25, -0.2) is 4.98 Å². The molecule has 1 aromatic heterocycles. The lowest BCUT2D eigenvalue weighted by Gasteiger charge is -2.36. The maximum absolute atomic E-state index is 13.3. The number of hydrogen-bond acceptors (Lipinski definition) is 6. The zero-order valence-corrected chi connectivity index (χ0v) is 21.7. The van der Waals surface area contributed by atoms with Crippen LogP contribution in [0.2, 0.25) is 0 Å². The van der Waals surface area contributed by atoms with Crippen LogP contribution in [-0.4, -0.2) is 73.0 Å². The molecule has 2 aliphatic heterocycles. The van der Waals surface area contributed by atoms with Gasteiger partial charge in [0.15, 0.2) is 0 Å². The summed E-state index contributed by atoms with van der Waals surface area (Å²) >= 11 is 1.48. The molecule has 2 aromatic rings. The molecule has 2 saturated heterocycles. The molecule has 0 unspecified atom stereocenters. The summed E-state index contributed by atoms with van der Waals surface area (Å²) < 4.78 is 5.20. The second-order valence-corrected chi connectivity index (χ2v) is 10.1. The highest BCUT2D eigenvalue weighted by Crippen LogP contribution is 2.24. The Balaban J connectivity index is 0.00000324. The zero-order chi connectivity index (χ0) is 23.2. The van der Waals surface area contributed by atoms with Crippen molar-refractivity contribution in [2.75, 3.05) is 51.3 Å². The van der Waals surface area contributed by atoms with Gasteiger partial charge in [-0.2, -0.15) is 0 Å². The van der Waals surface area contributed by atoms with Crippen molar-refractivity contribution in [3.63, 3.8) is 0 Å². The number of carbonyl (C=O) groups excluding carboxylic acids is 2. The molecule has 3 heterocycles. The predicted molar refractivity (Wildman–Crippen MR) is 138 cm³/mol. The third kappa shape index (κ3) is 6.71. The average Bonchev–Trinajstić information content (AvgIpc) is 3.29. The van der Waals surface area contributed by atoms with Crippen LogP contribution in [-0.2, 0) is 4.79 Å². The molecule has 7 nitrogen and oxygen atoms in total. The molecule has 0 radical (unpaired) electrons. The maximum Gasteiger partial charge on any atom is 0.259 e. The molecule has 0 aliphatic carbocycles. The van der Waals surface area contributed by atoms with Crippen LogP contribution in [0.4, 0.5) is 5.82 Å². The lowest BCUT2D eigenvalue weighted by Crippen LogP contribution is -2.47. The monoisotopic (exact) mass is 506 g/mol. The summed E-state index contributed by atoms with van der Waals surface area (Å²) in [7, 11) is 1.59. The Labute approximate surface area is 212 Å². The number of rotatable bonds is 7. The normalized spacial score (nSPS) is 17.2. The van der Waals surface area contributed by atoms with Crippen LogP contribution in [0.5, 0.6) is 5.75 Å². The van der Waals surface area contributed by atoms with Crippen molar-refractivity contribution in [1.82, 2.24) is 14.8 Å². The van der Waals surface area contributed by atoms with E-state index in [1.165, 1.54) is 48.6 Å². The molecule has 2 aliphatic rings. The molecule has 2 fully saturated rings. The molecule has 0 atom stereocenters. The maximum atomic E-state index is 13.3. The molecule has 0 spiro atoms. The van der Waals surface area contributed by atoms with Gasteiger partial charge in [0.25, 0.3) is 5.91 Å². The SMILES string of the molecule is COc1ccc(C(=O)N(CC(=O)N2CCC(CN3CCCCC3)CC2)c2csc(C)n2)cc1.Cl. The van der Waals surface area contributed by atoms with Crippen molar-refractivity contribution in [1.29, 1.82) is 0 Å². The fourth-order valence-corrected chi connectivity index (χ4v) is 5.33. The van der Waals surface area contributed by atoms with E-state index in [2.05, 4.69) is 9.88 Å². The summed E-state index contributed by atoms with van der Waals surface area (Å²) in [4.78, 5) is 37.0. The van der Waals surface area contributed by atoms with E-state index < -0.39 is 0 Å². The fraction of sp³-hybridized carbons (Fsp3) is 0.560. The number of likely N-dealkylation sites (tertiary alicyclic amines) is 2. The molecule has 2 amide bonds. The minimum absolute atomic E-state index is 0. The summed E-state index contributed by atoms with van der Waals surface area (Å²) in [5, 5.41) is 2.71. The highest BCUT2D eigenvalue weighted by molar-refractivity contribution is 7.09. The summed E-state index contributed by atoms with van der Waals surface area (Å²) in [6.45, 7) is 7.02. The van der Waals surface area contributed by atoms with E-state index in [4.69, 9.17) is 4.74 Å². The minimum atomic E-state index is -0.226. The van der Waals surface area contributed by atoms with Gasteiger partial charge in [-0.15, -0.1) is 23.7 Å². The minimum Gasteiger partial charge on any atom is -0.497 e. The first-order chi connectivity index (χ1) is 16.0. The average molecular weight is 507 g/mol. The van der Waals surface area contributed by atoms with Crippen molar-refractivity contribution in [3.05, 3.63) is 40.2 Å². The van der Waals surface area contributed by atoms with Gasteiger partial charge >= 0.3 is 0 Å². The van der Waals surface area contributed by atoms with Crippen LogP contribution in [0.3, 0.4) is 0 Å². The quantitative estimate of drug-likeness (QED) is 0.561. The number of benzene rings is 1. The molecule has 0 N–H and O–H groups in total. The van der Waals surface area contributed by atoms with Crippen LogP contribution in [0, 0.1) is 12.8 Å². The van der Waals surface area contributed by atoms with Crippen LogP contribution in [0.1, 0.15) is 47.5 Å². The number of thiazole rings is 1. The van der Waals surface area contributed by atoms with E-state index in [1.807, 2.05) is 17.2 Å². The standard InChI is InChI=1S/C25H34N4O3S.ClH/c1-19-26-23(18-33-19)29(25(31)21-6-8-22(32-2)9-7-21)17-24(30)28-14-10-20(11-15-28)16-27-12-4-3-5-13-27;/h6-9,18,20H,3-5,10-17H2,1-2H3;1H. The number of ether oxygens (including phenoxy) is 1. The molecule has 186 valence electrons. The van der Waals surface area contributed by atoms with E-state index in [9.17, 15) is 9.59 Å². The second-order valence-electron chi connectivity index (χ2n) is 9.03. The van der Waals surface area contributed by atoms with Crippen molar-refractivity contribution in [3.8, 4) is 5.75 Å². The van der Waals surface area contributed by atoms with Crippen LogP contribution in [0.15, 0.2) is 29.6 Å². The molecular weight excluding hydrogens is 472 g/mol. The highest BCUT2D eigenvalue weighted by Gasteiger charge is 2.29. The predicted octanol–water partition coefficient (Wildman–Crippen LogP) is 4.25. The summed E-state index contributed by atoms with van der Waals surface area (Å²) in [6.07, 6.45) is 6.04. The van der Waals surface area contributed by atoms with E-state index in [1.54, 1.807) is 31.4 Å². The number of amides is 2. The van der Waals surface area contributed by atoms with Crippen molar-refractivity contribution >= 4 is 41.4 Å². The fourth-order valence-electron chi connectivity index (χ4n) is 4.73. The molecule has 1 aromatic carbocycles. The number of halogens is 1. The van der Waals surface area contributed by atoms with Crippen LogP contribution < -0.4 is 9.64 Å². The van der Waals surface area contributed by atoms with Crippen LogP contribution >= 0.6 is 23.7 Å². The Kier molecular flexibility index (Phi) is 9.74. The van der Waals surface area contributed by atoms with Gasteiger partial charge in [0.2, 0.25) is 5.91 Å². The number of aromatic nitrogens is 1. The molecular formula is C25H35ClN4O3S. The largest absolute Gasteiger partial charge is 0.497 e. The lowest BCUT2D eigenvalue weighted by molar-refractivity contribution is -0.131. The van der Waals surface area contributed by atoms with Gasteiger partial charge in [0.05, 0.1) is 12.1 Å². The molecule has 4 rings (SSSR count). The van der Waals surface area contributed by atoms with Crippen molar-refractivity contribution in [2.24, 2.45) is 5.92 Å². The van der Waals surface area contributed by atoms with E-state index in [-0.39, 0.29) is 30.8 Å². The topological polar surface area (TPSA) is 66.0 Å². The molecule has 0 saturated carbocycles. The molecule has 34 heavy (non-hydrogen) atoms. The van der Waals surface area contributed by atoms with Gasteiger partial charge in [-0.1, -0.05) is 6.42 Å². The lowest BCUT2D eigenvalue weighted by atomic mass is 9.95. The third-order valence-electron chi connectivity index (χ3n) is 6.69. The Morgan fingerprint density at radius 2 is 1.76 bits per heavy atom. The summed E-state index contributed by atoms with van der Waals surface area (Å²) in [5.74, 6) is 1.64. The Morgan fingerprint density at radius 3 is 2.35 bits per heavy atom. The Hall–Kier alpha value is -2.16. The van der Waals surface area contributed by atoms with Crippen molar-refractivity contribution < 1.29 is 14.3 Å². The van der Waals surface area contributed by atoms with E-state index >= 15 is 0 Å². The third-order valence-corrected chi connectivity index (χ3v) is 7.45. The number of nitrogens with zero attached hydrogens (tertiary/aromatic N) is 4. The second kappa shape index (κ2) is 12.5. The molecule has 9 heteroatoms. The smallest absolute Gasteiger partial charge is 0.259 e. The number of carbonyl (C=O) groups is 2. The van der Waals surface area contributed by atoms with E-state index in [0.717, 1.165) is 37.5 Å². The number of anilines is 1. The first-order valence-corrected chi connectivity index (χ1v) is 12.8. The van der Waals surface area contributed by atoms with Crippen molar-refractivity contribution in [2.45, 2.75) is 39.0 Å². The first-order valence-electron chi connectivity index (χ1n) is 11.9. The number of hydrogen-bond donors (Lipinski definition) is 0. The van der Waals surface area contributed by atoms with Gasteiger partial charge in [0.1, 0.15) is 18.1 Å². The van der Waals surface area contributed by atoms with Gasteiger partial charge in [0, 0.05) is 30.6 Å². The Morgan fingerprint density at radius 1 is 1.09 bits per heavy atom.